The van der Waals surface area contributed by atoms with Crippen molar-refractivity contribution in [2.45, 2.75) is 32.2 Å². The molecule has 2 N–H and O–H groups in total. The molecule has 2 aromatic carbocycles. The molecule has 9 nitrogen and oxygen atoms in total. The summed E-state index contributed by atoms with van der Waals surface area (Å²) in [6.07, 6.45) is 0. The molecule has 0 bridgehead atoms. The largest absolute Gasteiger partial charge is 0.507 e. The standard InChI is InChI=1S/C29H29N3O6S/c1-29(2,3)16-12-15(9-10-19(16)36-4)25(33)23-24(22-8-7-11-39-22)32(27(35)26(23)34)28-30-17-13-20(37-5)21(38-6)14-18(17)31-28/h7-14,24,33H,1-6H3,(H,30,31)/b25-23+. The molecule has 0 radical (unpaired) electrons. The number of imidazole rings is 1. The van der Waals surface area contributed by atoms with Crippen molar-refractivity contribution in [2.75, 3.05) is 26.2 Å². The summed E-state index contributed by atoms with van der Waals surface area (Å²) in [6, 6.07) is 11.4. The Kier molecular flexibility index (Phi) is 6.59. The molecule has 1 aliphatic heterocycles. The van der Waals surface area contributed by atoms with Gasteiger partial charge in [0.2, 0.25) is 5.95 Å². The molecule has 1 saturated heterocycles. The number of carbonyl (C=O) groups is 2. The third-order valence-electron chi connectivity index (χ3n) is 6.74. The number of H-pyrrole nitrogens is 1. The molecule has 0 spiro atoms. The summed E-state index contributed by atoms with van der Waals surface area (Å²) < 4.78 is 16.3. The number of methoxy groups -OCH3 is 3. The average Bonchev–Trinajstić information content (AvgIpc) is 3.65. The second kappa shape index (κ2) is 9.77. The van der Waals surface area contributed by atoms with Gasteiger partial charge >= 0.3 is 5.91 Å². The Bertz CT molecular complexity index is 1570. The minimum Gasteiger partial charge on any atom is -0.507 e. The van der Waals surface area contributed by atoms with Crippen LogP contribution in [0.1, 0.15) is 42.8 Å². The van der Waals surface area contributed by atoms with Gasteiger partial charge in [-0.2, -0.15) is 0 Å². The number of hydrogen-bond donors (Lipinski definition) is 2. The molecule has 2 aromatic heterocycles. The number of amides is 1. The van der Waals surface area contributed by atoms with Crippen LogP contribution in [0.3, 0.4) is 0 Å². The van der Waals surface area contributed by atoms with E-state index >= 15 is 0 Å². The van der Waals surface area contributed by atoms with Crippen LogP contribution in [-0.4, -0.2) is 48.1 Å². The SMILES string of the molecule is COc1cc2nc(N3C(=O)C(=O)/C(=C(/O)c4ccc(OC)c(C(C)(C)C)c4)C3c3cccs3)[nH]c2cc1OC. The zero-order chi connectivity index (χ0) is 28.1. The molecule has 4 aromatic rings. The topological polar surface area (TPSA) is 114 Å². The number of Topliss-reactive ketones (excluding diaryl/α,β-unsaturated/α-hetero) is 1. The summed E-state index contributed by atoms with van der Waals surface area (Å²) in [5.41, 5.74) is 2.09. The maximum Gasteiger partial charge on any atom is 0.302 e. The van der Waals surface area contributed by atoms with E-state index in [0.29, 0.717) is 38.7 Å². The normalized spacial score (nSPS) is 17.2. The predicted octanol–water partition coefficient (Wildman–Crippen LogP) is 5.57. The van der Waals surface area contributed by atoms with Crippen molar-refractivity contribution in [1.29, 1.82) is 0 Å². The van der Waals surface area contributed by atoms with E-state index in [1.165, 1.54) is 30.5 Å². The molecule has 1 atom stereocenters. The highest BCUT2D eigenvalue weighted by molar-refractivity contribution is 7.10. The van der Waals surface area contributed by atoms with Gasteiger partial charge in [0.15, 0.2) is 11.5 Å². The molecule has 202 valence electrons. The van der Waals surface area contributed by atoms with Crippen molar-refractivity contribution >= 4 is 45.8 Å². The number of anilines is 1. The number of hydrogen-bond acceptors (Lipinski definition) is 8. The first kappa shape index (κ1) is 26.3. The van der Waals surface area contributed by atoms with Gasteiger partial charge in [-0.15, -0.1) is 11.3 Å². The Morgan fingerprint density at radius 3 is 2.31 bits per heavy atom. The summed E-state index contributed by atoms with van der Waals surface area (Å²) in [5.74, 6) is -0.0401. The van der Waals surface area contributed by atoms with Crippen molar-refractivity contribution in [1.82, 2.24) is 9.97 Å². The van der Waals surface area contributed by atoms with E-state index < -0.39 is 17.7 Å². The molecule has 5 rings (SSSR count). The van der Waals surface area contributed by atoms with E-state index in [4.69, 9.17) is 14.2 Å². The van der Waals surface area contributed by atoms with Gasteiger partial charge in [-0.05, 0) is 35.1 Å². The molecule has 39 heavy (non-hydrogen) atoms. The number of aromatic amines is 1. The number of aliphatic hydroxyl groups excluding tert-OH is 1. The fourth-order valence-corrected chi connectivity index (χ4v) is 5.62. The molecule has 0 aliphatic carbocycles. The summed E-state index contributed by atoms with van der Waals surface area (Å²) in [7, 11) is 4.64. The zero-order valence-electron chi connectivity index (χ0n) is 22.5. The number of benzene rings is 2. The Balaban J connectivity index is 1.69. The van der Waals surface area contributed by atoms with Gasteiger partial charge in [0, 0.05) is 28.1 Å². The van der Waals surface area contributed by atoms with Gasteiger partial charge in [0.1, 0.15) is 17.6 Å². The number of thiophene rings is 1. The number of fused-ring (bicyclic) bond motifs is 1. The van der Waals surface area contributed by atoms with Crippen LogP contribution in [0, 0.1) is 0 Å². The maximum absolute atomic E-state index is 13.5. The van der Waals surface area contributed by atoms with Crippen molar-refractivity contribution in [2.24, 2.45) is 0 Å². The van der Waals surface area contributed by atoms with Crippen molar-refractivity contribution < 1.29 is 28.9 Å². The summed E-state index contributed by atoms with van der Waals surface area (Å²) in [4.78, 5) is 36.8. The Labute approximate surface area is 229 Å². The Morgan fingerprint density at radius 2 is 1.69 bits per heavy atom. The number of ketones is 1. The van der Waals surface area contributed by atoms with E-state index in [1.807, 2.05) is 38.3 Å². The molecule has 3 heterocycles. The fourth-order valence-electron chi connectivity index (χ4n) is 4.80. The van der Waals surface area contributed by atoms with Gasteiger partial charge in [0.25, 0.3) is 5.78 Å². The van der Waals surface area contributed by atoms with Crippen LogP contribution >= 0.6 is 11.3 Å². The summed E-state index contributed by atoms with van der Waals surface area (Å²) in [6.45, 7) is 6.10. The van der Waals surface area contributed by atoms with Crippen LogP contribution in [0.4, 0.5) is 5.95 Å². The van der Waals surface area contributed by atoms with Crippen LogP contribution in [-0.2, 0) is 15.0 Å². The monoisotopic (exact) mass is 547 g/mol. The minimum absolute atomic E-state index is 0.0110. The Hall–Kier alpha value is -4.31. The van der Waals surface area contributed by atoms with Crippen LogP contribution in [0.5, 0.6) is 17.2 Å². The van der Waals surface area contributed by atoms with E-state index in [-0.39, 0.29) is 22.7 Å². The lowest BCUT2D eigenvalue weighted by atomic mass is 9.84. The minimum atomic E-state index is -0.880. The highest BCUT2D eigenvalue weighted by Gasteiger charge is 2.48. The molecule has 1 amide bonds. The number of aromatic nitrogens is 2. The van der Waals surface area contributed by atoms with Crippen molar-refractivity contribution in [3.8, 4) is 17.2 Å². The third kappa shape index (κ3) is 4.40. The lowest BCUT2D eigenvalue weighted by molar-refractivity contribution is -0.132. The molecule has 0 saturated carbocycles. The first-order valence-electron chi connectivity index (χ1n) is 12.2. The molecule has 1 aliphatic rings. The predicted molar refractivity (Wildman–Crippen MR) is 150 cm³/mol. The lowest BCUT2D eigenvalue weighted by Crippen LogP contribution is -2.30. The number of aliphatic hydroxyl groups is 1. The van der Waals surface area contributed by atoms with Crippen LogP contribution in [0.25, 0.3) is 16.8 Å². The highest BCUT2D eigenvalue weighted by Crippen LogP contribution is 2.44. The third-order valence-corrected chi connectivity index (χ3v) is 7.67. The van der Waals surface area contributed by atoms with Crippen molar-refractivity contribution in [3.05, 3.63) is 69.4 Å². The highest BCUT2D eigenvalue weighted by atomic mass is 32.1. The summed E-state index contributed by atoms with van der Waals surface area (Å²) in [5, 5.41) is 13.4. The second-order valence-corrected chi connectivity index (χ2v) is 11.1. The smallest absolute Gasteiger partial charge is 0.302 e. The number of nitrogens with zero attached hydrogens (tertiary/aromatic N) is 2. The molecule has 10 heteroatoms. The first-order valence-corrected chi connectivity index (χ1v) is 13.1. The maximum atomic E-state index is 13.5. The second-order valence-electron chi connectivity index (χ2n) is 10.1. The lowest BCUT2D eigenvalue weighted by Gasteiger charge is -2.24. The number of carbonyl (C=O) groups excluding carboxylic acids is 2. The van der Waals surface area contributed by atoms with Crippen LogP contribution < -0.4 is 19.1 Å². The van der Waals surface area contributed by atoms with Gasteiger partial charge in [0.05, 0.1) is 37.9 Å². The molecular formula is C29H29N3O6S. The molecule has 1 unspecified atom stereocenters. The van der Waals surface area contributed by atoms with Crippen LogP contribution in [0.15, 0.2) is 53.4 Å². The van der Waals surface area contributed by atoms with E-state index in [0.717, 1.165) is 5.56 Å². The molecular weight excluding hydrogens is 518 g/mol. The number of rotatable bonds is 6. The average molecular weight is 548 g/mol. The van der Waals surface area contributed by atoms with E-state index in [9.17, 15) is 14.7 Å². The zero-order valence-corrected chi connectivity index (χ0v) is 23.3. The van der Waals surface area contributed by atoms with Gasteiger partial charge < -0.3 is 24.3 Å². The quantitative estimate of drug-likeness (QED) is 0.184. The number of ether oxygens (including phenoxy) is 3. The Morgan fingerprint density at radius 1 is 1.00 bits per heavy atom. The van der Waals surface area contributed by atoms with Crippen LogP contribution in [0.2, 0.25) is 0 Å². The fraction of sp³-hybridized carbons (Fsp3) is 0.276. The van der Waals surface area contributed by atoms with Gasteiger partial charge in [-0.25, -0.2) is 4.98 Å². The van der Waals surface area contributed by atoms with Gasteiger partial charge in [-0.1, -0.05) is 26.8 Å². The summed E-state index contributed by atoms with van der Waals surface area (Å²) >= 11 is 1.38. The number of nitrogens with one attached hydrogen (secondary N) is 1. The van der Waals surface area contributed by atoms with Crippen molar-refractivity contribution in [3.63, 3.8) is 0 Å². The van der Waals surface area contributed by atoms with E-state index in [2.05, 4.69) is 9.97 Å². The van der Waals surface area contributed by atoms with E-state index in [1.54, 1.807) is 37.4 Å². The molecule has 1 fully saturated rings. The first-order chi connectivity index (χ1) is 18.6. The van der Waals surface area contributed by atoms with Gasteiger partial charge in [-0.3, -0.25) is 14.5 Å².